The summed E-state index contributed by atoms with van der Waals surface area (Å²) < 4.78 is 36.6. The third-order valence-corrected chi connectivity index (χ3v) is 2.79. The summed E-state index contributed by atoms with van der Waals surface area (Å²) in [5.41, 5.74) is -1.09. The van der Waals surface area contributed by atoms with Gasteiger partial charge in [-0.2, -0.15) is 0 Å². The monoisotopic (exact) mass is 242 g/mol. The molecule has 92 valence electrons. The van der Waals surface area contributed by atoms with Crippen LogP contribution in [-0.2, 0) is 19.9 Å². The Balaban J connectivity index is 2.25. The van der Waals surface area contributed by atoms with E-state index in [0.29, 0.717) is 0 Å². The van der Waals surface area contributed by atoms with Crippen molar-refractivity contribution in [1.82, 2.24) is 0 Å². The van der Waals surface area contributed by atoms with E-state index in [2.05, 4.69) is 0 Å². The van der Waals surface area contributed by atoms with Crippen molar-refractivity contribution < 1.29 is 23.0 Å². The van der Waals surface area contributed by atoms with Gasteiger partial charge in [-0.05, 0) is 19.9 Å². The fourth-order valence-electron chi connectivity index (χ4n) is 1.79. The van der Waals surface area contributed by atoms with E-state index >= 15 is 0 Å². The number of ether oxygens (including phenoxy) is 2. The number of carbonyl (C=O) groups excluding carboxylic acids is 1. The van der Waals surface area contributed by atoms with Gasteiger partial charge in [0.25, 0.3) is 0 Å². The Kier molecular flexibility index (Phi) is 2.87. The fourth-order valence-corrected chi connectivity index (χ4v) is 1.79. The molecule has 1 aromatic carbocycles. The van der Waals surface area contributed by atoms with Crippen LogP contribution in [-0.4, -0.2) is 18.7 Å². The third-order valence-electron chi connectivity index (χ3n) is 2.79. The molecule has 0 spiro atoms. The van der Waals surface area contributed by atoms with E-state index in [4.69, 9.17) is 9.47 Å². The zero-order valence-electron chi connectivity index (χ0n) is 9.50. The molecular weight excluding hydrogens is 230 g/mol. The van der Waals surface area contributed by atoms with E-state index in [-0.39, 0.29) is 12.2 Å². The Morgan fingerprint density at radius 3 is 2.88 bits per heavy atom. The first-order valence-corrected chi connectivity index (χ1v) is 5.29. The summed E-state index contributed by atoms with van der Waals surface area (Å²) in [6.07, 6.45) is -0.862. The lowest BCUT2D eigenvalue weighted by Crippen LogP contribution is -2.20. The molecule has 0 aliphatic carbocycles. The first-order valence-electron chi connectivity index (χ1n) is 5.29. The van der Waals surface area contributed by atoms with Gasteiger partial charge in [-0.25, -0.2) is 13.6 Å². The number of hydrogen-bond acceptors (Lipinski definition) is 3. The standard InChI is InChI=1S/C12H12F2O3/c1-3-16-11(15)10-12(2,17-10)7-5-4-6-8(13)9(7)14/h4-6,10H,3H2,1-2H3. The van der Waals surface area contributed by atoms with Crippen LogP contribution < -0.4 is 0 Å². The zero-order chi connectivity index (χ0) is 12.6. The normalized spacial score (nSPS) is 26.7. The van der Waals surface area contributed by atoms with Crippen LogP contribution >= 0.6 is 0 Å². The number of hydrogen-bond donors (Lipinski definition) is 0. The van der Waals surface area contributed by atoms with Gasteiger partial charge in [0.05, 0.1) is 6.61 Å². The Labute approximate surface area is 97.3 Å². The van der Waals surface area contributed by atoms with Crippen LogP contribution in [0.4, 0.5) is 8.78 Å². The molecule has 1 saturated heterocycles. The van der Waals surface area contributed by atoms with Crippen molar-refractivity contribution in [2.45, 2.75) is 25.6 Å². The summed E-state index contributed by atoms with van der Waals surface area (Å²) >= 11 is 0. The van der Waals surface area contributed by atoms with Crippen molar-refractivity contribution >= 4 is 5.97 Å². The molecule has 3 nitrogen and oxygen atoms in total. The van der Waals surface area contributed by atoms with E-state index in [9.17, 15) is 13.6 Å². The van der Waals surface area contributed by atoms with Gasteiger partial charge in [0.15, 0.2) is 17.7 Å². The molecule has 5 heteroatoms. The van der Waals surface area contributed by atoms with Gasteiger partial charge in [-0.1, -0.05) is 12.1 Å². The highest BCUT2D eigenvalue weighted by Crippen LogP contribution is 2.47. The number of benzene rings is 1. The van der Waals surface area contributed by atoms with E-state index < -0.39 is 29.3 Å². The maximum atomic E-state index is 13.6. The number of halogens is 2. The van der Waals surface area contributed by atoms with Crippen LogP contribution in [0.25, 0.3) is 0 Å². The summed E-state index contributed by atoms with van der Waals surface area (Å²) in [5, 5.41) is 0. The molecule has 2 unspecified atom stereocenters. The first kappa shape index (κ1) is 12.0. The Morgan fingerprint density at radius 1 is 1.53 bits per heavy atom. The molecule has 1 heterocycles. The molecule has 2 rings (SSSR count). The van der Waals surface area contributed by atoms with Gasteiger partial charge in [0.1, 0.15) is 5.60 Å². The molecule has 17 heavy (non-hydrogen) atoms. The minimum atomic E-state index is -1.13. The molecule has 0 radical (unpaired) electrons. The molecule has 0 saturated carbocycles. The lowest BCUT2D eigenvalue weighted by Gasteiger charge is -2.08. The summed E-state index contributed by atoms with van der Waals surface area (Å²) in [6.45, 7) is 3.42. The average Bonchev–Trinajstić information content (AvgIpc) is 2.96. The van der Waals surface area contributed by atoms with Gasteiger partial charge >= 0.3 is 5.97 Å². The highest BCUT2D eigenvalue weighted by atomic mass is 19.2. The molecule has 1 aliphatic rings. The van der Waals surface area contributed by atoms with Crippen LogP contribution in [0.3, 0.4) is 0 Å². The van der Waals surface area contributed by atoms with Crippen molar-refractivity contribution in [3.8, 4) is 0 Å². The molecule has 0 aromatic heterocycles. The van der Waals surface area contributed by atoms with Gasteiger partial charge < -0.3 is 9.47 Å². The topological polar surface area (TPSA) is 38.8 Å². The molecule has 1 aromatic rings. The van der Waals surface area contributed by atoms with Crippen molar-refractivity contribution in [3.63, 3.8) is 0 Å². The van der Waals surface area contributed by atoms with Crippen LogP contribution in [0.1, 0.15) is 19.4 Å². The predicted molar refractivity (Wildman–Crippen MR) is 55.2 cm³/mol. The maximum Gasteiger partial charge on any atom is 0.338 e. The van der Waals surface area contributed by atoms with Crippen molar-refractivity contribution in [2.24, 2.45) is 0 Å². The van der Waals surface area contributed by atoms with E-state index in [1.165, 1.54) is 19.1 Å². The van der Waals surface area contributed by atoms with Crippen molar-refractivity contribution in [2.75, 3.05) is 6.61 Å². The summed E-state index contributed by atoms with van der Waals surface area (Å²) in [6, 6.07) is 3.80. The largest absolute Gasteiger partial charge is 0.464 e. The van der Waals surface area contributed by atoms with Gasteiger partial charge in [-0.15, -0.1) is 0 Å². The van der Waals surface area contributed by atoms with Crippen LogP contribution in [0.2, 0.25) is 0 Å². The SMILES string of the molecule is CCOC(=O)C1OC1(C)c1cccc(F)c1F. The van der Waals surface area contributed by atoms with Crippen LogP contribution in [0.15, 0.2) is 18.2 Å². The smallest absolute Gasteiger partial charge is 0.338 e. The molecule has 0 amide bonds. The van der Waals surface area contributed by atoms with E-state index in [0.717, 1.165) is 6.07 Å². The predicted octanol–water partition coefficient (Wildman–Crippen LogP) is 2.14. The van der Waals surface area contributed by atoms with E-state index in [1.807, 2.05) is 0 Å². The summed E-state index contributed by atoms with van der Waals surface area (Å²) in [5.74, 6) is -2.50. The molecule has 0 bridgehead atoms. The number of epoxide rings is 1. The number of rotatable bonds is 3. The second-order valence-corrected chi connectivity index (χ2v) is 3.96. The molecule has 0 N–H and O–H groups in total. The summed E-state index contributed by atoms with van der Waals surface area (Å²) in [7, 11) is 0. The molecular formula is C12H12F2O3. The van der Waals surface area contributed by atoms with Gasteiger partial charge in [-0.3, -0.25) is 0 Å². The Hall–Kier alpha value is -1.49. The van der Waals surface area contributed by atoms with Crippen LogP contribution in [0.5, 0.6) is 0 Å². The minimum Gasteiger partial charge on any atom is -0.464 e. The third kappa shape index (κ3) is 1.91. The van der Waals surface area contributed by atoms with Crippen molar-refractivity contribution in [1.29, 1.82) is 0 Å². The zero-order valence-corrected chi connectivity index (χ0v) is 9.50. The second-order valence-electron chi connectivity index (χ2n) is 3.96. The highest BCUT2D eigenvalue weighted by Gasteiger charge is 2.60. The van der Waals surface area contributed by atoms with E-state index in [1.54, 1.807) is 6.92 Å². The minimum absolute atomic E-state index is 0.0375. The maximum absolute atomic E-state index is 13.6. The molecule has 1 aliphatic heterocycles. The summed E-state index contributed by atoms with van der Waals surface area (Å²) in [4.78, 5) is 11.4. The van der Waals surface area contributed by atoms with Crippen molar-refractivity contribution in [3.05, 3.63) is 35.4 Å². The van der Waals surface area contributed by atoms with Crippen LogP contribution in [0, 0.1) is 11.6 Å². The Morgan fingerprint density at radius 2 is 2.24 bits per heavy atom. The number of carbonyl (C=O) groups is 1. The van der Waals surface area contributed by atoms with Gasteiger partial charge in [0.2, 0.25) is 0 Å². The lowest BCUT2D eigenvalue weighted by molar-refractivity contribution is -0.144. The second kappa shape index (κ2) is 4.07. The highest BCUT2D eigenvalue weighted by molar-refractivity contribution is 5.79. The quantitative estimate of drug-likeness (QED) is 0.602. The number of esters is 1. The molecule has 1 fully saturated rings. The molecule has 2 atom stereocenters. The lowest BCUT2D eigenvalue weighted by atomic mass is 9.96. The first-order chi connectivity index (χ1) is 8.00. The van der Waals surface area contributed by atoms with Gasteiger partial charge in [0, 0.05) is 5.56 Å². The Bertz CT molecular complexity index is 461. The fraction of sp³-hybridized carbons (Fsp3) is 0.417. The average molecular weight is 242 g/mol.